The summed E-state index contributed by atoms with van der Waals surface area (Å²) in [5, 5.41) is 11.0. The van der Waals surface area contributed by atoms with Gasteiger partial charge in [0.1, 0.15) is 0 Å². The minimum Gasteiger partial charge on any atom is -0.480 e. The average molecular weight is 250 g/mol. The summed E-state index contributed by atoms with van der Waals surface area (Å²) in [6.45, 7) is 2.40. The molecule has 0 spiro atoms. The Morgan fingerprint density at radius 2 is 1.83 bits per heavy atom. The van der Waals surface area contributed by atoms with Crippen molar-refractivity contribution in [1.29, 1.82) is 0 Å². The zero-order chi connectivity index (χ0) is 13.5. The van der Waals surface area contributed by atoms with Gasteiger partial charge in [-0.1, -0.05) is 37.6 Å². The highest BCUT2D eigenvalue weighted by Gasteiger charge is 2.20. The first-order valence-electron chi connectivity index (χ1n) is 5.88. The fourth-order valence-electron chi connectivity index (χ4n) is 1.52. The van der Waals surface area contributed by atoms with Crippen LogP contribution in [0.5, 0.6) is 0 Å². The molecule has 98 valence electrons. The molecule has 0 fully saturated rings. The molecule has 1 rings (SSSR count). The molecule has 5 heteroatoms. The number of rotatable bonds is 6. The van der Waals surface area contributed by atoms with Crippen molar-refractivity contribution in [3.05, 3.63) is 35.4 Å². The molecule has 0 aliphatic rings. The second-order valence-electron chi connectivity index (χ2n) is 4.10. The third-order valence-electron chi connectivity index (χ3n) is 2.58. The first-order valence-corrected chi connectivity index (χ1v) is 5.88. The third-order valence-corrected chi connectivity index (χ3v) is 2.58. The zero-order valence-corrected chi connectivity index (χ0v) is 10.3. The van der Waals surface area contributed by atoms with Gasteiger partial charge in [0.15, 0.2) is 6.04 Å². The maximum atomic E-state index is 11.3. The Bertz CT molecular complexity index is 415. The van der Waals surface area contributed by atoms with Crippen LogP contribution in [0.25, 0.3) is 0 Å². The summed E-state index contributed by atoms with van der Waals surface area (Å²) in [4.78, 5) is 21.8. The molecule has 5 nitrogen and oxygen atoms in total. The van der Waals surface area contributed by atoms with Crippen molar-refractivity contribution >= 4 is 11.9 Å². The first kappa shape index (κ1) is 14.2. The summed E-state index contributed by atoms with van der Waals surface area (Å²) in [5.41, 5.74) is 7.34. The van der Waals surface area contributed by atoms with E-state index in [4.69, 9.17) is 10.8 Å². The lowest BCUT2D eigenvalue weighted by atomic mass is 10.1. The number of carboxylic acids is 1. The summed E-state index contributed by atoms with van der Waals surface area (Å²) in [6, 6.07) is 6.32. The van der Waals surface area contributed by atoms with Crippen LogP contribution in [0.2, 0.25) is 0 Å². The monoisotopic (exact) mass is 250 g/mol. The molecule has 0 saturated heterocycles. The molecule has 0 aromatic heterocycles. The maximum absolute atomic E-state index is 11.3. The van der Waals surface area contributed by atoms with E-state index in [1.165, 1.54) is 5.56 Å². The normalized spacial score (nSPS) is 11.9. The van der Waals surface area contributed by atoms with Gasteiger partial charge in [-0.3, -0.25) is 4.79 Å². The number of aryl methyl sites for hydroxylation is 1. The largest absolute Gasteiger partial charge is 0.480 e. The van der Waals surface area contributed by atoms with E-state index in [-0.39, 0.29) is 6.54 Å². The number of hydrogen-bond donors (Lipinski definition) is 3. The van der Waals surface area contributed by atoms with E-state index in [9.17, 15) is 9.59 Å². The second kappa shape index (κ2) is 6.76. The number of carboxylic acid groups (broad SMARTS) is 1. The third kappa shape index (κ3) is 4.18. The molecule has 1 aromatic carbocycles. The number of hydrogen-bond acceptors (Lipinski definition) is 3. The molecule has 4 N–H and O–H groups in total. The lowest BCUT2D eigenvalue weighted by Crippen LogP contribution is -2.45. The van der Waals surface area contributed by atoms with Crippen LogP contribution in [0, 0.1) is 0 Å². The topological polar surface area (TPSA) is 92.4 Å². The van der Waals surface area contributed by atoms with Crippen LogP contribution in [0.4, 0.5) is 0 Å². The van der Waals surface area contributed by atoms with E-state index in [0.717, 1.165) is 18.4 Å². The van der Waals surface area contributed by atoms with Crippen LogP contribution < -0.4 is 11.1 Å². The predicted octanol–water partition coefficient (Wildman–Crippen LogP) is 0.667. The van der Waals surface area contributed by atoms with E-state index >= 15 is 0 Å². The highest BCUT2D eigenvalue weighted by molar-refractivity contribution is 6.00. The van der Waals surface area contributed by atoms with Gasteiger partial charge in [-0.15, -0.1) is 0 Å². The standard InChI is InChI=1S/C13H18N2O3/c1-2-3-9-4-6-10(7-5-9)8-15-12(16)11(14)13(17)18/h4-7,11H,2-3,8,14H2,1H3,(H,15,16)(H,17,18). The van der Waals surface area contributed by atoms with Crippen LogP contribution in [-0.4, -0.2) is 23.0 Å². The van der Waals surface area contributed by atoms with Crippen molar-refractivity contribution in [2.45, 2.75) is 32.4 Å². The number of nitrogens with one attached hydrogen (secondary N) is 1. The Balaban J connectivity index is 2.48. The van der Waals surface area contributed by atoms with Gasteiger partial charge in [0, 0.05) is 6.54 Å². The average Bonchev–Trinajstić information content (AvgIpc) is 2.37. The summed E-state index contributed by atoms with van der Waals surface area (Å²) in [7, 11) is 0. The molecule has 0 heterocycles. The number of carbonyl (C=O) groups excluding carboxylic acids is 1. The fraction of sp³-hybridized carbons (Fsp3) is 0.385. The van der Waals surface area contributed by atoms with Crippen molar-refractivity contribution in [1.82, 2.24) is 5.32 Å². The Labute approximate surface area is 106 Å². The fourth-order valence-corrected chi connectivity index (χ4v) is 1.52. The molecule has 0 aliphatic carbocycles. The van der Waals surface area contributed by atoms with Gasteiger partial charge in [-0.25, -0.2) is 4.79 Å². The number of carbonyl (C=O) groups is 2. The Morgan fingerprint density at radius 3 is 2.33 bits per heavy atom. The molecule has 18 heavy (non-hydrogen) atoms. The SMILES string of the molecule is CCCc1ccc(CNC(=O)C(N)C(=O)O)cc1. The molecule has 1 unspecified atom stereocenters. The minimum absolute atomic E-state index is 0.284. The van der Waals surface area contributed by atoms with E-state index in [1.807, 2.05) is 24.3 Å². The van der Waals surface area contributed by atoms with Crippen LogP contribution in [0.15, 0.2) is 24.3 Å². The molecular formula is C13H18N2O3. The molecule has 0 aliphatic heterocycles. The van der Waals surface area contributed by atoms with E-state index in [2.05, 4.69) is 12.2 Å². The van der Waals surface area contributed by atoms with Gasteiger partial charge in [-0.05, 0) is 17.5 Å². The van der Waals surface area contributed by atoms with Crippen molar-refractivity contribution in [3.8, 4) is 0 Å². The van der Waals surface area contributed by atoms with E-state index in [0.29, 0.717) is 0 Å². The van der Waals surface area contributed by atoms with Gasteiger partial charge < -0.3 is 16.2 Å². The Morgan fingerprint density at radius 1 is 1.28 bits per heavy atom. The predicted molar refractivity (Wildman–Crippen MR) is 67.9 cm³/mol. The molecule has 1 atom stereocenters. The molecule has 1 aromatic rings. The summed E-state index contributed by atoms with van der Waals surface area (Å²) < 4.78 is 0. The van der Waals surface area contributed by atoms with Crippen molar-refractivity contribution in [2.24, 2.45) is 5.73 Å². The highest BCUT2D eigenvalue weighted by atomic mass is 16.4. The first-order chi connectivity index (χ1) is 8.54. The van der Waals surface area contributed by atoms with Crippen LogP contribution in [0.3, 0.4) is 0 Å². The number of amides is 1. The quantitative estimate of drug-likeness (QED) is 0.647. The minimum atomic E-state index is -1.51. The second-order valence-corrected chi connectivity index (χ2v) is 4.10. The van der Waals surface area contributed by atoms with Crippen molar-refractivity contribution in [2.75, 3.05) is 0 Å². The highest BCUT2D eigenvalue weighted by Crippen LogP contribution is 2.06. The van der Waals surface area contributed by atoms with Crippen LogP contribution in [-0.2, 0) is 22.6 Å². The summed E-state index contributed by atoms with van der Waals surface area (Å²) in [6.07, 6.45) is 2.11. The maximum Gasteiger partial charge on any atom is 0.330 e. The number of benzene rings is 1. The van der Waals surface area contributed by atoms with Gasteiger partial charge in [0.05, 0.1) is 0 Å². The van der Waals surface area contributed by atoms with Crippen LogP contribution in [0.1, 0.15) is 24.5 Å². The van der Waals surface area contributed by atoms with Crippen molar-refractivity contribution in [3.63, 3.8) is 0 Å². The lowest BCUT2D eigenvalue weighted by Gasteiger charge is -2.08. The Kier molecular flexibility index (Phi) is 5.32. The molecule has 1 amide bonds. The summed E-state index contributed by atoms with van der Waals surface area (Å²) in [5.74, 6) is -2.01. The Hall–Kier alpha value is -1.88. The summed E-state index contributed by atoms with van der Waals surface area (Å²) >= 11 is 0. The van der Waals surface area contributed by atoms with Crippen molar-refractivity contribution < 1.29 is 14.7 Å². The molecular weight excluding hydrogens is 232 g/mol. The number of nitrogens with two attached hydrogens (primary N) is 1. The van der Waals surface area contributed by atoms with Crippen LogP contribution >= 0.6 is 0 Å². The number of aliphatic carboxylic acids is 1. The van der Waals surface area contributed by atoms with E-state index < -0.39 is 17.9 Å². The van der Waals surface area contributed by atoms with Gasteiger partial charge in [0.25, 0.3) is 0 Å². The molecule has 0 radical (unpaired) electrons. The molecule has 0 saturated carbocycles. The zero-order valence-electron chi connectivity index (χ0n) is 10.3. The lowest BCUT2D eigenvalue weighted by molar-refractivity contribution is -0.142. The van der Waals surface area contributed by atoms with Gasteiger partial charge in [-0.2, -0.15) is 0 Å². The van der Waals surface area contributed by atoms with Gasteiger partial charge >= 0.3 is 5.97 Å². The van der Waals surface area contributed by atoms with Gasteiger partial charge in [0.2, 0.25) is 5.91 Å². The smallest absolute Gasteiger partial charge is 0.330 e. The molecule has 0 bridgehead atoms. The van der Waals surface area contributed by atoms with E-state index in [1.54, 1.807) is 0 Å².